The Hall–Kier alpha value is -4.97. The summed E-state index contributed by atoms with van der Waals surface area (Å²) in [5.41, 5.74) is 0. The van der Waals surface area contributed by atoms with Gasteiger partial charge in [-0.2, -0.15) is 0 Å². The van der Waals surface area contributed by atoms with Crippen LogP contribution >= 0.6 is 0 Å². The third-order valence-corrected chi connectivity index (χ3v) is 8.17. The summed E-state index contributed by atoms with van der Waals surface area (Å²) in [5.74, 6) is -1.21. The molecule has 0 bridgehead atoms. The standard InChI is InChI=1S/C53H76O6/c1-4-7-10-13-16-19-21-23-25-26-28-29-31-34-37-40-43-46-52(55)58-49-50(48-57-51(54)45-42-39-36-33-18-15-12-9-6-3)59-53(56)47-44-41-38-35-32-30-27-24-22-20-17-14-11-8-5-2/h7-12,14,16-20,22-25,27-30,32-34,37,39,42,50H,4-6,13,15,21,26,31,35-36,38,40-41,43-49H2,1-3H3/b10-7-,11-8-,12-9-,17-14-,19-16-,22-20-,25-23-,27-24-,29-28-,32-30-,33-18-,37-34-,42-39-. The van der Waals surface area contributed by atoms with Gasteiger partial charge in [-0.1, -0.05) is 185 Å². The normalized spacial score (nSPS) is 13.6. The molecule has 0 spiro atoms. The van der Waals surface area contributed by atoms with E-state index in [1.807, 2.05) is 54.7 Å². The van der Waals surface area contributed by atoms with Crippen molar-refractivity contribution in [3.8, 4) is 0 Å². The van der Waals surface area contributed by atoms with Gasteiger partial charge in [0.25, 0.3) is 0 Å². The molecule has 0 radical (unpaired) electrons. The molecular formula is C53H76O6. The number of rotatable bonds is 36. The average molecular weight is 809 g/mol. The van der Waals surface area contributed by atoms with E-state index in [9.17, 15) is 14.4 Å². The van der Waals surface area contributed by atoms with E-state index in [0.29, 0.717) is 12.8 Å². The van der Waals surface area contributed by atoms with Crippen molar-refractivity contribution in [2.75, 3.05) is 13.2 Å². The fourth-order valence-electron chi connectivity index (χ4n) is 4.97. The highest BCUT2D eigenvalue weighted by Crippen LogP contribution is 2.09. The van der Waals surface area contributed by atoms with Crippen LogP contribution in [0.25, 0.3) is 0 Å². The minimum Gasteiger partial charge on any atom is -0.462 e. The first-order chi connectivity index (χ1) is 29.0. The highest BCUT2D eigenvalue weighted by Gasteiger charge is 2.19. The predicted molar refractivity (Wildman–Crippen MR) is 251 cm³/mol. The maximum absolute atomic E-state index is 12.7. The molecule has 6 heteroatoms. The summed E-state index contributed by atoms with van der Waals surface area (Å²) in [6.45, 7) is 6.02. The number of unbranched alkanes of at least 4 members (excludes halogenated alkanes) is 4. The van der Waals surface area contributed by atoms with Crippen LogP contribution in [-0.4, -0.2) is 37.2 Å². The summed E-state index contributed by atoms with van der Waals surface area (Å²) in [6.07, 6.45) is 66.9. The number of carbonyl (C=O) groups excluding carboxylic acids is 3. The molecule has 0 saturated heterocycles. The maximum Gasteiger partial charge on any atom is 0.309 e. The summed E-state index contributed by atoms with van der Waals surface area (Å²) in [4.78, 5) is 37.6. The quantitative estimate of drug-likeness (QED) is 0.0206. The van der Waals surface area contributed by atoms with Crippen molar-refractivity contribution in [2.24, 2.45) is 0 Å². The Morgan fingerprint density at radius 2 is 0.780 bits per heavy atom. The third kappa shape index (κ3) is 44.0. The molecule has 0 saturated carbocycles. The molecule has 0 heterocycles. The minimum atomic E-state index is -0.864. The average Bonchev–Trinajstić information content (AvgIpc) is 3.23. The van der Waals surface area contributed by atoms with Crippen LogP contribution in [0.15, 0.2) is 158 Å². The number of carbonyl (C=O) groups is 3. The molecule has 0 aliphatic rings. The summed E-state index contributed by atoms with van der Waals surface area (Å²) in [5, 5.41) is 0. The molecule has 0 amide bonds. The SMILES string of the molecule is CC\C=C/C=C\C=C/C=C\C=C/CCCCCC(=O)OC(COC(=O)C/C=C\C/C=C\C/C=C\CC)COC(=O)CCC/C=C\C/C=C\C/C=C\C/C=C\C/C=C\CC. The van der Waals surface area contributed by atoms with E-state index in [1.165, 1.54) is 0 Å². The second kappa shape index (κ2) is 45.7. The first-order valence-corrected chi connectivity index (χ1v) is 22.1. The fraction of sp³-hybridized carbons (Fsp3) is 0.453. The van der Waals surface area contributed by atoms with Gasteiger partial charge >= 0.3 is 17.9 Å². The van der Waals surface area contributed by atoms with E-state index < -0.39 is 18.0 Å². The number of hydrogen-bond acceptors (Lipinski definition) is 6. The van der Waals surface area contributed by atoms with Gasteiger partial charge in [-0.05, 0) is 89.9 Å². The lowest BCUT2D eigenvalue weighted by atomic mass is 10.1. The van der Waals surface area contributed by atoms with Crippen LogP contribution in [0.3, 0.4) is 0 Å². The molecule has 0 N–H and O–H groups in total. The lowest BCUT2D eigenvalue weighted by Gasteiger charge is -2.18. The second-order valence-corrected chi connectivity index (χ2v) is 13.6. The Labute approximate surface area is 359 Å². The fourth-order valence-corrected chi connectivity index (χ4v) is 4.97. The molecule has 6 nitrogen and oxygen atoms in total. The van der Waals surface area contributed by atoms with Gasteiger partial charge in [0, 0.05) is 12.8 Å². The van der Waals surface area contributed by atoms with Crippen molar-refractivity contribution in [1.29, 1.82) is 0 Å². The monoisotopic (exact) mass is 809 g/mol. The van der Waals surface area contributed by atoms with Crippen molar-refractivity contribution >= 4 is 17.9 Å². The summed E-state index contributed by atoms with van der Waals surface area (Å²) < 4.78 is 16.5. The zero-order valence-corrected chi connectivity index (χ0v) is 36.7. The predicted octanol–water partition coefficient (Wildman–Crippen LogP) is 14.3. The molecular weight excluding hydrogens is 733 g/mol. The van der Waals surface area contributed by atoms with Crippen LogP contribution in [0.4, 0.5) is 0 Å². The van der Waals surface area contributed by atoms with Crippen molar-refractivity contribution in [3.63, 3.8) is 0 Å². The molecule has 1 unspecified atom stereocenters. The molecule has 0 rings (SSSR count). The smallest absolute Gasteiger partial charge is 0.309 e. The Morgan fingerprint density at radius 1 is 0.373 bits per heavy atom. The molecule has 0 aromatic heterocycles. The van der Waals surface area contributed by atoms with Crippen molar-refractivity contribution < 1.29 is 28.6 Å². The van der Waals surface area contributed by atoms with Gasteiger partial charge in [0.05, 0.1) is 6.42 Å². The number of esters is 3. The first-order valence-electron chi connectivity index (χ1n) is 22.1. The zero-order chi connectivity index (χ0) is 43.0. The van der Waals surface area contributed by atoms with Crippen LogP contribution in [-0.2, 0) is 28.6 Å². The topological polar surface area (TPSA) is 78.9 Å². The largest absolute Gasteiger partial charge is 0.462 e. The third-order valence-electron chi connectivity index (χ3n) is 8.17. The lowest BCUT2D eigenvalue weighted by molar-refractivity contribution is -0.166. The lowest BCUT2D eigenvalue weighted by Crippen LogP contribution is -2.30. The van der Waals surface area contributed by atoms with Gasteiger partial charge in [0.2, 0.25) is 0 Å². The summed E-state index contributed by atoms with van der Waals surface area (Å²) in [6, 6.07) is 0. The molecule has 0 aromatic carbocycles. The van der Waals surface area contributed by atoms with Crippen molar-refractivity contribution in [1.82, 2.24) is 0 Å². The minimum absolute atomic E-state index is 0.106. The van der Waals surface area contributed by atoms with Crippen molar-refractivity contribution in [3.05, 3.63) is 158 Å². The molecule has 0 aromatic rings. The molecule has 0 aliphatic heterocycles. The van der Waals surface area contributed by atoms with E-state index in [4.69, 9.17) is 14.2 Å². The highest BCUT2D eigenvalue weighted by molar-refractivity contribution is 5.72. The van der Waals surface area contributed by atoms with Gasteiger partial charge in [-0.3, -0.25) is 14.4 Å². The molecule has 0 aliphatic carbocycles. The van der Waals surface area contributed by atoms with Crippen LogP contribution in [0.5, 0.6) is 0 Å². The van der Waals surface area contributed by atoms with E-state index in [-0.39, 0.29) is 38.4 Å². The van der Waals surface area contributed by atoms with Gasteiger partial charge in [0.15, 0.2) is 6.10 Å². The molecule has 59 heavy (non-hydrogen) atoms. The van der Waals surface area contributed by atoms with Crippen LogP contribution in [0.1, 0.15) is 136 Å². The molecule has 1 atom stereocenters. The van der Waals surface area contributed by atoms with Crippen molar-refractivity contribution in [2.45, 2.75) is 142 Å². The van der Waals surface area contributed by atoms with E-state index in [0.717, 1.165) is 83.5 Å². The Morgan fingerprint density at radius 3 is 1.31 bits per heavy atom. The van der Waals surface area contributed by atoms with Gasteiger partial charge < -0.3 is 14.2 Å². The number of hydrogen-bond donors (Lipinski definition) is 0. The number of allylic oxidation sites excluding steroid dienone is 25. The van der Waals surface area contributed by atoms with Crippen LogP contribution in [0, 0.1) is 0 Å². The Balaban J connectivity index is 4.65. The Bertz CT molecular complexity index is 1440. The number of ether oxygens (including phenoxy) is 3. The maximum atomic E-state index is 12.7. The van der Waals surface area contributed by atoms with E-state index in [1.54, 1.807) is 6.08 Å². The van der Waals surface area contributed by atoms with E-state index >= 15 is 0 Å². The zero-order valence-electron chi connectivity index (χ0n) is 36.7. The summed E-state index contributed by atoms with van der Waals surface area (Å²) >= 11 is 0. The molecule has 0 fully saturated rings. The second-order valence-electron chi connectivity index (χ2n) is 13.6. The van der Waals surface area contributed by atoms with E-state index in [2.05, 4.69) is 118 Å². The van der Waals surface area contributed by atoms with Gasteiger partial charge in [-0.15, -0.1) is 0 Å². The highest BCUT2D eigenvalue weighted by atomic mass is 16.6. The molecule has 324 valence electrons. The van der Waals surface area contributed by atoms with Crippen LogP contribution in [0.2, 0.25) is 0 Å². The van der Waals surface area contributed by atoms with Crippen LogP contribution < -0.4 is 0 Å². The van der Waals surface area contributed by atoms with Gasteiger partial charge in [0.1, 0.15) is 13.2 Å². The Kier molecular flexibility index (Phi) is 41.9. The van der Waals surface area contributed by atoms with Gasteiger partial charge in [-0.25, -0.2) is 0 Å². The first kappa shape index (κ1) is 54.0. The summed E-state index contributed by atoms with van der Waals surface area (Å²) in [7, 11) is 0.